The van der Waals surface area contributed by atoms with Crippen LogP contribution in [0.1, 0.15) is 149 Å². The van der Waals surface area contributed by atoms with E-state index < -0.39 is 32.5 Å². The fourth-order valence-electron chi connectivity index (χ4n) is 4.86. The molecule has 51 heavy (non-hydrogen) atoms. The van der Waals surface area contributed by atoms with Crippen molar-refractivity contribution >= 4 is 19.8 Å². The Morgan fingerprint density at radius 3 is 1.78 bits per heavy atom. The van der Waals surface area contributed by atoms with E-state index in [1.807, 2.05) is 36.5 Å². The zero-order chi connectivity index (χ0) is 37.7. The second-order valence-electron chi connectivity index (χ2n) is 12.7. The molecule has 0 saturated heterocycles. The van der Waals surface area contributed by atoms with Gasteiger partial charge in [0, 0.05) is 12.8 Å². The van der Waals surface area contributed by atoms with Crippen LogP contribution in [0.3, 0.4) is 0 Å². The minimum Gasteiger partial charge on any atom is -0.462 e. The van der Waals surface area contributed by atoms with Gasteiger partial charge in [0.2, 0.25) is 0 Å². The molecule has 2 atom stereocenters. The third-order valence-corrected chi connectivity index (χ3v) is 8.29. The summed E-state index contributed by atoms with van der Waals surface area (Å²) >= 11 is 0. The van der Waals surface area contributed by atoms with Gasteiger partial charge >= 0.3 is 19.8 Å². The van der Waals surface area contributed by atoms with Crippen molar-refractivity contribution in [1.82, 2.24) is 0 Å². The fourth-order valence-corrected chi connectivity index (χ4v) is 5.22. The lowest BCUT2D eigenvalue weighted by atomic mass is 10.1. The summed E-state index contributed by atoms with van der Waals surface area (Å²) in [4.78, 5) is 42.7. The number of aliphatic hydroxyl groups excluding tert-OH is 1. The topological polar surface area (TPSA) is 140 Å². The van der Waals surface area contributed by atoms with E-state index in [0.29, 0.717) is 19.3 Å². The summed E-state index contributed by atoms with van der Waals surface area (Å²) < 4.78 is 26.2. The highest BCUT2D eigenvalue weighted by Gasteiger charge is 2.22. The van der Waals surface area contributed by atoms with Crippen LogP contribution in [0.2, 0.25) is 0 Å². The Labute approximate surface area is 309 Å². The zero-order valence-corrected chi connectivity index (χ0v) is 32.5. The maximum absolute atomic E-state index is 12.4. The van der Waals surface area contributed by atoms with Gasteiger partial charge in [-0.1, -0.05) is 138 Å². The van der Waals surface area contributed by atoms with E-state index in [1.165, 1.54) is 25.7 Å². The maximum Gasteiger partial charge on any atom is 0.469 e. The van der Waals surface area contributed by atoms with E-state index in [1.54, 1.807) is 0 Å². The number of aliphatic hydroxyl groups is 1. The van der Waals surface area contributed by atoms with E-state index in [-0.39, 0.29) is 25.6 Å². The van der Waals surface area contributed by atoms with Crippen molar-refractivity contribution in [2.75, 3.05) is 13.2 Å². The van der Waals surface area contributed by atoms with Crippen molar-refractivity contribution in [3.05, 3.63) is 72.9 Å². The van der Waals surface area contributed by atoms with Gasteiger partial charge in [0.05, 0.1) is 12.7 Å². The highest BCUT2D eigenvalue weighted by atomic mass is 31.2. The highest BCUT2D eigenvalue weighted by molar-refractivity contribution is 7.46. The predicted octanol–water partition coefficient (Wildman–Crippen LogP) is 10.5. The number of carbonyl (C=O) groups is 2. The molecule has 0 fully saturated rings. The third kappa shape index (κ3) is 38.5. The van der Waals surface area contributed by atoms with Crippen LogP contribution in [0, 0.1) is 0 Å². The quantitative estimate of drug-likeness (QED) is 0.0194. The molecule has 0 rings (SSSR count). The number of phosphoric ester groups is 1. The molecule has 0 unspecified atom stereocenters. The SMILES string of the molecule is CCCCC/C=C\C/C=C\CCCCCCCC(=O)OC[C@H](COP(=O)(O)O)OC(=O)CCC/C=C\C/C=C\C/C=C\C=C\[C@@H](O)CCCCC. The van der Waals surface area contributed by atoms with Gasteiger partial charge in [-0.15, -0.1) is 0 Å². The molecule has 0 aliphatic heterocycles. The molecule has 0 aliphatic carbocycles. The van der Waals surface area contributed by atoms with Gasteiger partial charge in [-0.25, -0.2) is 4.57 Å². The van der Waals surface area contributed by atoms with Crippen molar-refractivity contribution in [1.29, 1.82) is 0 Å². The Morgan fingerprint density at radius 1 is 0.608 bits per heavy atom. The maximum atomic E-state index is 12.4. The van der Waals surface area contributed by atoms with Crippen molar-refractivity contribution in [3.63, 3.8) is 0 Å². The number of hydrogen-bond donors (Lipinski definition) is 3. The molecular weight excluding hydrogens is 667 g/mol. The average molecular weight is 737 g/mol. The van der Waals surface area contributed by atoms with Crippen molar-refractivity contribution in [3.8, 4) is 0 Å². The number of esters is 2. The fraction of sp³-hybridized carbons (Fsp3) is 0.659. The van der Waals surface area contributed by atoms with Crippen LogP contribution in [0.15, 0.2) is 72.9 Å². The van der Waals surface area contributed by atoms with Crippen LogP contribution < -0.4 is 0 Å². The summed E-state index contributed by atoms with van der Waals surface area (Å²) in [5, 5.41) is 9.86. The molecule has 0 amide bonds. The lowest BCUT2D eigenvalue weighted by molar-refractivity contribution is -0.161. The van der Waals surface area contributed by atoms with Crippen LogP contribution in [-0.4, -0.2) is 52.3 Å². The summed E-state index contributed by atoms with van der Waals surface area (Å²) in [5.41, 5.74) is 0. The largest absolute Gasteiger partial charge is 0.469 e. The lowest BCUT2D eigenvalue weighted by Crippen LogP contribution is -2.29. The molecule has 0 saturated carbocycles. The van der Waals surface area contributed by atoms with Gasteiger partial charge in [0.25, 0.3) is 0 Å². The molecule has 0 aromatic rings. The molecule has 0 radical (unpaired) electrons. The minimum absolute atomic E-state index is 0.109. The summed E-state index contributed by atoms with van der Waals surface area (Å²) in [5.74, 6) is -1.00. The minimum atomic E-state index is -4.78. The Bertz CT molecular complexity index is 1070. The summed E-state index contributed by atoms with van der Waals surface area (Å²) in [6.45, 7) is 3.45. The summed E-state index contributed by atoms with van der Waals surface area (Å²) in [6.07, 6.45) is 42.3. The van der Waals surface area contributed by atoms with E-state index in [9.17, 15) is 19.3 Å². The number of rotatable bonds is 34. The number of unbranched alkanes of at least 4 members (excludes halogenated alkanes) is 11. The molecule has 0 aromatic heterocycles. The smallest absolute Gasteiger partial charge is 0.462 e. The van der Waals surface area contributed by atoms with Gasteiger partial charge < -0.3 is 24.4 Å². The molecule has 0 aliphatic rings. The standard InChI is InChI=1S/C41H69O9P/c1-3-5-7-8-9-10-11-12-13-14-17-20-23-26-30-34-40(43)48-36-39(37-49-51(45,46)47)50-41(44)35-31-27-24-21-18-15-16-19-22-25-29-33-38(42)32-28-6-4-2/h9-10,12-13,15-16,21-22,24-25,29,33,38-39,42H,3-8,11,14,17-20,23,26-28,30-32,34-37H2,1-2H3,(H2,45,46,47)/b10-9-,13-12-,16-15-,24-21-,25-22-,33-29+/t38-,39+/m0/s1. The Morgan fingerprint density at radius 2 is 1.14 bits per heavy atom. The van der Waals surface area contributed by atoms with Gasteiger partial charge in [0.1, 0.15) is 6.61 Å². The van der Waals surface area contributed by atoms with Crippen LogP contribution in [0.25, 0.3) is 0 Å². The van der Waals surface area contributed by atoms with E-state index in [2.05, 4.69) is 54.8 Å². The van der Waals surface area contributed by atoms with Crippen LogP contribution >= 0.6 is 7.82 Å². The van der Waals surface area contributed by atoms with Crippen molar-refractivity contribution < 1.29 is 43.0 Å². The van der Waals surface area contributed by atoms with E-state index >= 15 is 0 Å². The molecule has 10 heteroatoms. The van der Waals surface area contributed by atoms with Crippen molar-refractivity contribution in [2.45, 2.75) is 161 Å². The molecule has 0 heterocycles. The molecule has 0 aromatic carbocycles. The Kier molecular flexibility index (Phi) is 34.0. The van der Waals surface area contributed by atoms with Crippen molar-refractivity contribution in [2.24, 2.45) is 0 Å². The first-order chi connectivity index (χ1) is 24.7. The summed E-state index contributed by atoms with van der Waals surface area (Å²) in [6, 6.07) is 0. The number of ether oxygens (including phenoxy) is 2. The number of carbonyl (C=O) groups excluding carboxylic acids is 2. The molecule has 292 valence electrons. The highest BCUT2D eigenvalue weighted by Crippen LogP contribution is 2.36. The van der Waals surface area contributed by atoms with Gasteiger partial charge in [0.15, 0.2) is 6.10 Å². The Hall–Kier alpha value is -2.55. The zero-order valence-electron chi connectivity index (χ0n) is 31.6. The second kappa shape index (κ2) is 35.8. The molecule has 0 bridgehead atoms. The monoisotopic (exact) mass is 736 g/mol. The molecule has 9 nitrogen and oxygen atoms in total. The van der Waals surface area contributed by atoms with E-state index in [4.69, 9.17) is 19.3 Å². The first-order valence-corrected chi connectivity index (χ1v) is 20.9. The predicted molar refractivity (Wildman–Crippen MR) is 208 cm³/mol. The van der Waals surface area contributed by atoms with Gasteiger partial charge in [-0.3, -0.25) is 14.1 Å². The number of hydrogen-bond acceptors (Lipinski definition) is 7. The van der Waals surface area contributed by atoms with Crippen LogP contribution in [0.5, 0.6) is 0 Å². The first kappa shape index (κ1) is 48.5. The second-order valence-corrected chi connectivity index (χ2v) is 14.0. The molecule has 3 N–H and O–H groups in total. The Balaban J connectivity index is 4.15. The summed E-state index contributed by atoms with van der Waals surface area (Å²) in [7, 11) is -4.78. The molecular formula is C41H69O9P. The van der Waals surface area contributed by atoms with Crippen LogP contribution in [-0.2, 0) is 28.2 Å². The average Bonchev–Trinajstić information content (AvgIpc) is 3.09. The molecule has 0 spiro atoms. The lowest BCUT2D eigenvalue weighted by Gasteiger charge is -2.18. The van der Waals surface area contributed by atoms with E-state index in [0.717, 1.165) is 77.0 Å². The third-order valence-electron chi connectivity index (χ3n) is 7.80. The van der Waals surface area contributed by atoms with Gasteiger partial charge in [-0.2, -0.15) is 0 Å². The normalized spacial score (nSPS) is 13.9. The number of phosphoric acid groups is 1. The number of allylic oxidation sites excluding steroid dienone is 11. The van der Waals surface area contributed by atoms with Crippen LogP contribution in [0.4, 0.5) is 0 Å². The first-order valence-electron chi connectivity index (χ1n) is 19.3. The van der Waals surface area contributed by atoms with Gasteiger partial charge in [-0.05, 0) is 70.6 Å².